The molecule has 1 heterocycles. The molecule has 26 heavy (non-hydrogen) atoms. The number of halogens is 1. The lowest BCUT2D eigenvalue weighted by Gasteiger charge is -2.12. The first kappa shape index (κ1) is 18.0. The lowest BCUT2D eigenvalue weighted by Crippen LogP contribution is -2.23. The highest BCUT2D eigenvalue weighted by molar-refractivity contribution is 6.33. The molecule has 3 rings (SSSR count). The molecule has 0 saturated heterocycles. The van der Waals surface area contributed by atoms with Gasteiger partial charge in [-0.3, -0.25) is 9.59 Å². The summed E-state index contributed by atoms with van der Waals surface area (Å²) in [6.07, 6.45) is 1.58. The molecular weight excluding hydrogens is 348 g/mol. The first-order valence-electron chi connectivity index (χ1n) is 8.26. The molecule has 0 radical (unpaired) electrons. The van der Waals surface area contributed by atoms with Crippen molar-refractivity contribution in [3.8, 4) is 0 Å². The van der Waals surface area contributed by atoms with E-state index >= 15 is 0 Å². The van der Waals surface area contributed by atoms with Crippen molar-refractivity contribution in [3.63, 3.8) is 0 Å². The summed E-state index contributed by atoms with van der Waals surface area (Å²) in [5.41, 5.74) is 4.07. The van der Waals surface area contributed by atoms with Gasteiger partial charge in [-0.25, -0.2) is 0 Å². The van der Waals surface area contributed by atoms with E-state index in [4.69, 9.17) is 11.6 Å². The van der Waals surface area contributed by atoms with E-state index in [1.54, 1.807) is 35.0 Å². The van der Waals surface area contributed by atoms with Gasteiger partial charge in [-0.1, -0.05) is 47.5 Å². The Kier molecular flexibility index (Phi) is 5.24. The number of rotatable bonds is 4. The van der Waals surface area contributed by atoms with E-state index < -0.39 is 0 Å². The highest BCUT2D eigenvalue weighted by Gasteiger charge is 2.11. The predicted molar refractivity (Wildman–Crippen MR) is 105 cm³/mol. The van der Waals surface area contributed by atoms with Crippen LogP contribution < -0.4 is 10.9 Å². The van der Waals surface area contributed by atoms with Crippen molar-refractivity contribution < 1.29 is 4.79 Å². The fraction of sp³-hybridized carbons (Fsp3) is 0.143. The van der Waals surface area contributed by atoms with Crippen molar-refractivity contribution >= 4 is 23.2 Å². The summed E-state index contributed by atoms with van der Waals surface area (Å²) in [5, 5.41) is 3.23. The monoisotopic (exact) mass is 366 g/mol. The second-order valence-electron chi connectivity index (χ2n) is 6.25. The number of hydrogen-bond acceptors (Lipinski definition) is 2. The van der Waals surface area contributed by atoms with E-state index in [-0.39, 0.29) is 11.5 Å². The summed E-state index contributed by atoms with van der Waals surface area (Å²) < 4.78 is 1.54. The molecule has 0 spiro atoms. The number of nitrogens with one attached hydrogen (secondary N) is 1. The maximum Gasteiger partial charge on any atom is 0.257 e. The van der Waals surface area contributed by atoms with Crippen LogP contribution in [0.2, 0.25) is 5.02 Å². The fourth-order valence-corrected chi connectivity index (χ4v) is 2.88. The smallest absolute Gasteiger partial charge is 0.257 e. The number of para-hydroxylation sites is 1. The summed E-state index contributed by atoms with van der Waals surface area (Å²) in [5.74, 6) is -0.312. The summed E-state index contributed by atoms with van der Waals surface area (Å²) in [4.78, 5) is 24.7. The number of pyridine rings is 1. The average molecular weight is 367 g/mol. The van der Waals surface area contributed by atoms with Gasteiger partial charge in [-0.2, -0.15) is 0 Å². The van der Waals surface area contributed by atoms with Crippen molar-refractivity contribution in [1.82, 2.24) is 4.57 Å². The molecule has 0 saturated carbocycles. The lowest BCUT2D eigenvalue weighted by molar-refractivity contribution is 0.102. The molecular formula is C21H19ClN2O2. The zero-order valence-corrected chi connectivity index (χ0v) is 15.4. The van der Waals surface area contributed by atoms with E-state index in [2.05, 4.69) is 11.4 Å². The van der Waals surface area contributed by atoms with Gasteiger partial charge in [0.25, 0.3) is 11.5 Å². The number of aromatic nitrogens is 1. The van der Waals surface area contributed by atoms with Gasteiger partial charge in [0.1, 0.15) is 0 Å². The Labute approximate surface area is 157 Å². The number of carbonyl (C=O) groups is 1. The number of amides is 1. The highest BCUT2D eigenvalue weighted by atomic mass is 35.5. The van der Waals surface area contributed by atoms with Gasteiger partial charge in [-0.15, -0.1) is 0 Å². The zero-order valence-electron chi connectivity index (χ0n) is 14.6. The summed E-state index contributed by atoms with van der Waals surface area (Å²) in [6, 6.07) is 16.1. The van der Waals surface area contributed by atoms with Crippen molar-refractivity contribution in [2.24, 2.45) is 0 Å². The van der Waals surface area contributed by atoms with Crippen LogP contribution in [-0.2, 0) is 6.54 Å². The topological polar surface area (TPSA) is 51.1 Å². The minimum Gasteiger partial charge on any atom is -0.321 e. The molecule has 0 aliphatic carbocycles. The van der Waals surface area contributed by atoms with Crippen LogP contribution in [0.15, 0.2) is 65.6 Å². The highest BCUT2D eigenvalue weighted by Crippen LogP contribution is 2.21. The van der Waals surface area contributed by atoms with Gasteiger partial charge in [0.05, 0.1) is 22.8 Å². The van der Waals surface area contributed by atoms with Gasteiger partial charge in [0.15, 0.2) is 0 Å². The Morgan fingerprint density at radius 1 is 1.08 bits per heavy atom. The first-order valence-corrected chi connectivity index (χ1v) is 8.64. The van der Waals surface area contributed by atoms with Crippen LogP contribution in [0.5, 0.6) is 0 Å². The number of aryl methyl sites for hydroxylation is 2. The molecule has 0 bridgehead atoms. The quantitative estimate of drug-likeness (QED) is 0.743. The van der Waals surface area contributed by atoms with Crippen LogP contribution in [0.4, 0.5) is 5.69 Å². The van der Waals surface area contributed by atoms with Crippen LogP contribution in [0.25, 0.3) is 0 Å². The number of benzene rings is 2. The molecule has 0 atom stereocenters. The Bertz CT molecular complexity index is 1020. The Hall–Kier alpha value is -2.85. The maximum absolute atomic E-state index is 12.5. The van der Waals surface area contributed by atoms with E-state index in [1.165, 1.54) is 12.1 Å². The molecule has 5 heteroatoms. The third kappa shape index (κ3) is 4.03. The number of carbonyl (C=O) groups excluding carboxylic acids is 1. The second-order valence-corrected chi connectivity index (χ2v) is 6.66. The van der Waals surface area contributed by atoms with Gasteiger partial charge in [-0.05, 0) is 43.2 Å². The van der Waals surface area contributed by atoms with Gasteiger partial charge >= 0.3 is 0 Å². The van der Waals surface area contributed by atoms with Crippen LogP contribution in [0, 0.1) is 13.8 Å². The van der Waals surface area contributed by atoms with E-state index in [9.17, 15) is 9.59 Å². The van der Waals surface area contributed by atoms with Crippen molar-refractivity contribution in [3.05, 3.63) is 98.4 Å². The molecule has 3 aromatic rings. The SMILES string of the molecule is Cc1ccc(C)c(Cn2cc(C(=O)Nc3ccccc3Cl)ccc2=O)c1. The number of nitrogens with zero attached hydrogens (tertiary/aromatic N) is 1. The molecule has 4 nitrogen and oxygen atoms in total. The molecule has 0 aliphatic rings. The van der Waals surface area contributed by atoms with Crippen molar-refractivity contribution in [1.29, 1.82) is 0 Å². The number of hydrogen-bond donors (Lipinski definition) is 1. The predicted octanol–water partition coefficient (Wildman–Crippen LogP) is 4.42. The first-order chi connectivity index (χ1) is 12.4. The Morgan fingerprint density at radius 2 is 1.85 bits per heavy atom. The minimum atomic E-state index is -0.312. The third-order valence-corrected chi connectivity index (χ3v) is 4.54. The van der Waals surface area contributed by atoms with Gasteiger partial charge in [0, 0.05) is 12.3 Å². The van der Waals surface area contributed by atoms with Gasteiger partial charge < -0.3 is 9.88 Å². The van der Waals surface area contributed by atoms with E-state index in [1.807, 2.05) is 26.0 Å². The standard InChI is InChI=1S/C21H19ClN2O2/c1-14-7-8-15(2)17(11-14)13-24-12-16(9-10-20(24)25)21(26)23-19-6-4-3-5-18(19)22/h3-12H,13H2,1-2H3,(H,23,26). The van der Waals surface area contributed by atoms with Crippen LogP contribution in [0.1, 0.15) is 27.0 Å². The van der Waals surface area contributed by atoms with Crippen molar-refractivity contribution in [2.45, 2.75) is 20.4 Å². The van der Waals surface area contributed by atoms with Crippen LogP contribution in [0.3, 0.4) is 0 Å². The number of anilines is 1. The summed E-state index contributed by atoms with van der Waals surface area (Å²) in [7, 11) is 0. The van der Waals surface area contributed by atoms with E-state index in [0.29, 0.717) is 22.8 Å². The minimum absolute atomic E-state index is 0.153. The zero-order chi connectivity index (χ0) is 18.7. The normalized spacial score (nSPS) is 10.6. The molecule has 1 amide bonds. The molecule has 0 unspecified atom stereocenters. The molecule has 132 valence electrons. The van der Waals surface area contributed by atoms with Crippen LogP contribution in [-0.4, -0.2) is 10.5 Å². The fourth-order valence-electron chi connectivity index (χ4n) is 2.70. The molecule has 1 N–H and O–H groups in total. The lowest BCUT2D eigenvalue weighted by atomic mass is 10.1. The van der Waals surface area contributed by atoms with Crippen molar-refractivity contribution in [2.75, 3.05) is 5.32 Å². The van der Waals surface area contributed by atoms with Gasteiger partial charge in [0.2, 0.25) is 0 Å². The van der Waals surface area contributed by atoms with E-state index in [0.717, 1.165) is 16.7 Å². The Morgan fingerprint density at radius 3 is 2.62 bits per heavy atom. The molecule has 0 fully saturated rings. The molecule has 1 aromatic heterocycles. The maximum atomic E-state index is 12.5. The summed E-state index contributed by atoms with van der Waals surface area (Å²) >= 11 is 6.08. The second kappa shape index (κ2) is 7.58. The third-order valence-electron chi connectivity index (χ3n) is 4.21. The Balaban J connectivity index is 1.88. The molecule has 0 aliphatic heterocycles. The van der Waals surface area contributed by atoms with Crippen LogP contribution >= 0.6 is 11.6 Å². The summed E-state index contributed by atoms with van der Waals surface area (Å²) in [6.45, 7) is 4.44. The largest absolute Gasteiger partial charge is 0.321 e. The molecule has 2 aromatic carbocycles. The average Bonchev–Trinajstić information content (AvgIpc) is 2.62.